The summed E-state index contributed by atoms with van der Waals surface area (Å²) in [5, 5.41) is 0. The average molecular weight is 269 g/mol. The van der Waals surface area contributed by atoms with Gasteiger partial charge in [-0.3, -0.25) is 9.69 Å². The third-order valence-corrected chi connectivity index (χ3v) is 4.25. The third kappa shape index (κ3) is 3.91. The average Bonchev–Trinajstić information content (AvgIpc) is 2.41. The van der Waals surface area contributed by atoms with Gasteiger partial charge in [0.05, 0.1) is 25.3 Å². The first-order chi connectivity index (χ1) is 9.10. The van der Waals surface area contributed by atoms with Crippen LogP contribution in [0.2, 0.25) is 0 Å². The van der Waals surface area contributed by atoms with Crippen LogP contribution in [0.3, 0.4) is 0 Å². The van der Waals surface area contributed by atoms with Gasteiger partial charge in [-0.1, -0.05) is 6.92 Å². The van der Waals surface area contributed by atoms with Crippen molar-refractivity contribution >= 4 is 5.91 Å². The van der Waals surface area contributed by atoms with Gasteiger partial charge in [0, 0.05) is 25.7 Å². The molecule has 2 rings (SSSR count). The summed E-state index contributed by atoms with van der Waals surface area (Å²) in [6.45, 7) is 7.98. The number of rotatable bonds is 3. The largest absolute Gasteiger partial charge is 0.375 e. The highest BCUT2D eigenvalue weighted by Gasteiger charge is 2.30. The maximum Gasteiger partial charge on any atom is 0.237 e. The van der Waals surface area contributed by atoms with Crippen molar-refractivity contribution in [3.8, 4) is 0 Å². The van der Waals surface area contributed by atoms with E-state index >= 15 is 0 Å². The van der Waals surface area contributed by atoms with Crippen molar-refractivity contribution < 1.29 is 9.53 Å². The van der Waals surface area contributed by atoms with Crippen LogP contribution in [-0.2, 0) is 9.53 Å². The number of hydrogen-bond acceptors (Lipinski definition) is 4. The van der Waals surface area contributed by atoms with Crippen LogP contribution < -0.4 is 5.73 Å². The molecule has 0 spiro atoms. The topological polar surface area (TPSA) is 58.8 Å². The molecule has 2 N–H and O–H groups in total. The number of carbonyl (C=O) groups is 1. The molecule has 110 valence electrons. The van der Waals surface area contributed by atoms with Crippen molar-refractivity contribution in [1.29, 1.82) is 0 Å². The zero-order valence-corrected chi connectivity index (χ0v) is 12.2. The smallest absolute Gasteiger partial charge is 0.237 e. The van der Waals surface area contributed by atoms with Crippen LogP contribution >= 0.6 is 0 Å². The Morgan fingerprint density at radius 2 is 2.05 bits per heavy atom. The zero-order valence-electron chi connectivity index (χ0n) is 12.2. The van der Waals surface area contributed by atoms with Gasteiger partial charge in [0.15, 0.2) is 0 Å². The quantitative estimate of drug-likeness (QED) is 0.807. The van der Waals surface area contributed by atoms with E-state index in [1.54, 1.807) is 0 Å². The highest BCUT2D eigenvalue weighted by Crippen LogP contribution is 2.16. The summed E-state index contributed by atoms with van der Waals surface area (Å²) in [6.07, 6.45) is 3.12. The van der Waals surface area contributed by atoms with Crippen LogP contribution in [0.5, 0.6) is 0 Å². The predicted molar refractivity (Wildman–Crippen MR) is 74.9 cm³/mol. The lowest BCUT2D eigenvalue weighted by molar-refractivity contribution is -0.145. The molecule has 0 aliphatic carbocycles. The maximum atomic E-state index is 12.5. The molecule has 0 aromatic carbocycles. The van der Waals surface area contributed by atoms with Crippen molar-refractivity contribution in [3.05, 3.63) is 0 Å². The molecule has 2 fully saturated rings. The first-order valence-electron chi connectivity index (χ1n) is 7.49. The molecule has 0 radical (unpaired) electrons. The molecule has 2 saturated heterocycles. The van der Waals surface area contributed by atoms with Crippen LogP contribution in [0.25, 0.3) is 0 Å². The lowest BCUT2D eigenvalue weighted by Gasteiger charge is -2.40. The third-order valence-electron chi connectivity index (χ3n) is 4.25. The molecule has 5 nitrogen and oxygen atoms in total. The molecule has 2 aliphatic heterocycles. The Morgan fingerprint density at radius 1 is 1.37 bits per heavy atom. The Hall–Kier alpha value is -0.650. The first-order valence-corrected chi connectivity index (χ1v) is 7.49. The maximum absolute atomic E-state index is 12.5. The minimum absolute atomic E-state index is 0.154. The SMILES string of the molecule is CCC1COC(C)CN1C(=O)CN1CCC(N)CC1. The number of ether oxygens (including phenoxy) is 1. The van der Waals surface area contributed by atoms with Gasteiger partial charge in [0.1, 0.15) is 0 Å². The molecular weight excluding hydrogens is 242 g/mol. The molecule has 2 atom stereocenters. The number of morpholine rings is 1. The highest BCUT2D eigenvalue weighted by molar-refractivity contribution is 5.78. The van der Waals surface area contributed by atoms with Gasteiger partial charge < -0.3 is 15.4 Å². The van der Waals surface area contributed by atoms with Crippen molar-refractivity contribution in [3.63, 3.8) is 0 Å². The molecule has 0 bridgehead atoms. The van der Waals surface area contributed by atoms with Gasteiger partial charge in [-0.05, 0) is 26.2 Å². The number of likely N-dealkylation sites (tertiary alicyclic amines) is 1. The van der Waals surface area contributed by atoms with Gasteiger partial charge in [0.25, 0.3) is 0 Å². The minimum atomic E-state index is 0.154. The van der Waals surface area contributed by atoms with Crippen LogP contribution in [0, 0.1) is 0 Å². The van der Waals surface area contributed by atoms with Gasteiger partial charge in [-0.2, -0.15) is 0 Å². The van der Waals surface area contributed by atoms with Crippen LogP contribution in [0.1, 0.15) is 33.1 Å². The number of amides is 1. The Labute approximate surface area is 116 Å². The molecular formula is C14H27N3O2. The molecule has 0 aromatic heterocycles. The van der Waals surface area contributed by atoms with E-state index in [2.05, 4.69) is 11.8 Å². The zero-order chi connectivity index (χ0) is 13.8. The normalized spacial score (nSPS) is 30.6. The predicted octanol–water partition coefficient (Wildman–Crippen LogP) is 0.435. The highest BCUT2D eigenvalue weighted by atomic mass is 16.5. The Balaban J connectivity index is 1.86. The summed E-state index contributed by atoms with van der Waals surface area (Å²) in [5.41, 5.74) is 5.89. The first kappa shape index (κ1) is 14.8. The van der Waals surface area contributed by atoms with E-state index in [1.807, 2.05) is 11.8 Å². The van der Waals surface area contributed by atoms with Crippen molar-refractivity contribution in [2.75, 3.05) is 32.8 Å². The molecule has 2 aliphatic rings. The summed E-state index contributed by atoms with van der Waals surface area (Å²) in [7, 11) is 0. The summed E-state index contributed by atoms with van der Waals surface area (Å²) in [4.78, 5) is 16.7. The lowest BCUT2D eigenvalue weighted by Crippen LogP contribution is -2.54. The van der Waals surface area contributed by atoms with Crippen LogP contribution in [0.4, 0.5) is 0 Å². The second-order valence-electron chi connectivity index (χ2n) is 5.87. The monoisotopic (exact) mass is 269 g/mol. The molecule has 0 aromatic rings. The van der Waals surface area contributed by atoms with E-state index in [4.69, 9.17) is 10.5 Å². The van der Waals surface area contributed by atoms with Gasteiger partial charge >= 0.3 is 0 Å². The molecule has 5 heteroatoms. The van der Waals surface area contributed by atoms with E-state index in [0.717, 1.165) is 38.9 Å². The number of hydrogen-bond donors (Lipinski definition) is 1. The van der Waals surface area contributed by atoms with Gasteiger partial charge in [-0.15, -0.1) is 0 Å². The van der Waals surface area contributed by atoms with E-state index < -0.39 is 0 Å². The Morgan fingerprint density at radius 3 is 2.68 bits per heavy atom. The lowest BCUT2D eigenvalue weighted by atomic mass is 10.1. The molecule has 1 amide bonds. The molecule has 2 unspecified atom stereocenters. The number of nitrogens with two attached hydrogens (primary N) is 1. The van der Waals surface area contributed by atoms with E-state index in [1.165, 1.54) is 0 Å². The van der Waals surface area contributed by atoms with E-state index in [-0.39, 0.29) is 18.1 Å². The second kappa shape index (κ2) is 6.68. The van der Waals surface area contributed by atoms with E-state index in [0.29, 0.717) is 19.2 Å². The Kier molecular flexibility index (Phi) is 5.19. The second-order valence-corrected chi connectivity index (χ2v) is 5.87. The summed E-state index contributed by atoms with van der Waals surface area (Å²) < 4.78 is 5.64. The van der Waals surface area contributed by atoms with Crippen molar-refractivity contribution in [2.24, 2.45) is 5.73 Å². The minimum Gasteiger partial charge on any atom is -0.375 e. The fourth-order valence-corrected chi connectivity index (χ4v) is 2.88. The standard InChI is InChI=1S/C14H27N3O2/c1-3-13-10-19-11(2)8-17(13)14(18)9-16-6-4-12(15)5-7-16/h11-13H,3-10,15H2,1-2H3. The van der Waals surface area contributed by atoms with E-state index in [9.17, 15) is 4.79 Å². The van der Waals surface area contributed by atoms with Crippen molar-refractivity contribution in [2.45, 2.75) is 51.3 Å². The van der Waals surface area contributed by atoms with Gasteiger partial charge in [-0.25, -0.2) is 0 Å². The number of piperidine rings is 1. The molecule has 2 heterocycles. The molecule has 0 saturated carbocycles. The fourth-order valence-electron chi connectivity index (χ4n) is 2.88. The number of nitrogens with zero attached hydrogens (tertiary/aromatic N) is 2. The fraction of sp³-hybridized carbons (Fsp3) is 0.929. The summed E-state index contributed by atoms with van der Waals surface area (Å²) in [5.74, 6) is 0.248. The van der Waals surface area contributed by atoms with Crippen molar-refractivity contribution in [1.82, 2.24) is 9.80 Å². The Bertz CT molecular complexity index is 303. The number of carbonyl (C=O) groups excluding carboxylic acids is 1. The summed E-state index contributed by atoms with van der Waals surface area (Å²) in [6, 6.07) is 0.564. The van der Waals surface area contributed by atoms with Crippen LogP contribution in [0.15, 0.2) is 0 Å². The molecule has 19 heavy (non-hydrogen) atoms. The van der Waals surface area contributed by atoms with Gasteiger partial charge in [0.2, 0.25) is 5.91 Å². The van der Waals surface area contributed by atoms with Crippen LogP contribution in [-0.4, -0.2) is 66.7 Å². The summed E-state index contributed by atoms with van der Waals surface area (Å²) >= 11 is 0.